The van der Waals surface area contributed by atoms with E-state index in [9.17, 15) is 8.42 Å². The average Bonchev–Trinajstić information content (AvgIpc) is 3.24. The summed E-state index contributed by atoms with van der Waals surface area (Å²) >= 11 is 0. The molecule has 0 unspecified atom stereocenters. The summed E-state index contributed by atoms with van der Waals surface area (Å²) in [6, 6.07) is 7.03. The summed E-state index contributed by atoms with van der Waals surface area (Å²) < 4.78 is 26.5. The summed E-state index contributed by atoms with van der Waals surface area (Å²) in [5.74, 6) is 0. The highest BCUT2D eigenvalue weighted by Gasteiger charge is 2.40. The first-order chi connectivity index (χ1) is 10.0. The Kier molecular flexibility index (Phi) is 5.27. The van der Waals surface area contributed by atoms with E-state index in [4.69, 9.17) is 0 Å². The van der Waals surface area contributed by atoms with E-state index in [2.05, 4.69) is 17.0 Å². The van der Waals surface area contributed by atoms with E-state index in [1.54, 1.807) is 12.1 Å². The van der Waals surface area contributed by atoms with Crippen molar-refractivity contribution in [2.75, 3.05) is 18.4 Å². The normalized spacial score (nSPS) is 16.7. The minimum atomic E-state index is -3.36. The molecule has 1 aliphatic rings. The molecular formula is C16H26N2O2S. The molecule has 1 fully saturated rings. The van der Waals surface area contributed by atoms with Gasteiger partial charge in [0.05, 0.1) is 4.90 Å². The summed E-state index contributed by atoms with van der Waals surface area (Å²) in [6.07, 6.45) is 5.90. The van der Waals surface area contributed by atoms with E-state index in [1.807, 2.05) is 19.1 Å². The fourth-order valence-electron chi connectivity index (χ4n) is 2.58. The second-order valence-corrected chi connectivity index (χ2v) is 7.79. The fourth-order valence-corrected chi connectivity index (χ4v) is 3.72. The van der Waals surface area contributed by atoms with Gasteiger partial charge in [-0.25, -0.2) is 13.1 Å². The van der Waals surface area contributed by atoms with Crippen molar-refractivity contribution in [2.45, 2.75) is 50.8 Å². The number of anilines is 1. The van der Waals surface area contributed by atoms with Crippen molar-refractivity contribution < 1.29 is 8.42 Å². The van der Waals surface area contributed by atoms with Gasteiger partial charge >= 0.3 is 0 Å². The molecule has 0 radical (unpaired) electrons. The van der Waals surface area contributed by atoms with Gasteiger partial charge < -0.3 is 5.32 Å². The van der Waals surface area contributed by atoms with Crippen molar-refractivity contribution >= 4 is 15.7 Å². The van der Waals surface area contributed by atoms with Crippen molar-refractivity contribution in [3.05, 3.63) is 24.3 Å². The van der Waals surface area contributed by atoms with Crippen LogP contribution in [0.2, 0.25) is 0 Å². The first-order valence-corrected chi connectivity index (χ1v) is 9.33. The second-order valence-electron chi connectivity index (χ2n) is 6.03. The number of nitrogens with one attached hydrogen (secondary N) is 2. The van der Waals surface area contributed by atoms with Gasteiger partial charge in [-0.15, -0.1) is 0 Å². The molecule has 1 aliphatic carbocycles. The molecular weight excluding hydrogens is 284 g/mol. The number of hydrogen-bond donors (Lipinski definition) is 2. The first kappa shape index (κ1) is 16.3. The monoisotopic (exact) mass is 310 g/mol. The largest absolute Gasteiger partial charge is 0.384 e. The number of sulfonamides is 1. The minimum Gasteiger partial charge on any atom is -0.384 e. The van der Waals surface area contributed by atoms with E-state index in [0.29, 0.717) is 16.9 Å². The van der Waals surface area contributed by atoms with E-state index in [0.717, 1.165) is 18.7 Å². The maximum atomic E-state index is 12.0. The lowest BCUT2D eigenvalue weighted by molar-refractivity contribution is 0.485. The smallest absolute Gasteiger partial charge is 0.240 e. The Morgan fingerprint density at radius 3 is 2.29 bits per heavy atom. The zero-order valence-corrected chi connectivity index (χ0v) is 13.8. The molecule has 0 bridgehead atoms. The molecule has 2 N–H and O–H groups in total. The Labute approximate surface area is 128 Å². The van der Waals surface area contributed by atoms with Crippen LogP contribution in [0.5, 0.6) is 0 Å². The third-order valence-corrected chi connectivity index (χ3v) is 5.59. The second kappa shape index (κ2) is 6.79. The van der Waals surface area contributed by atoms with Gasteiger partial charge in [0, 0.05) is 18.8 Å². The number of rotatable bonds is 9. The molecule has 0 aromatic heterocycles. The Morgan fingerprint density at radius 2 is 1.76 bits per heavy atom. The quantitative estimate of drug-likeness (QED) is 0.735. The van der Waals surface area contributed by atoms with Crippen LogP contribution in [0, 0.1) is 5.41 Å². The van der Waals surface area contributed by atoms with Crippen molar-refractivity contribution in [1.82, 2.24) is 4.72 Å². The zero-order valence-electron chi connectivity index (χ0n) is 13.0. The van der Waals surface area contributed by atoms with Crippen molar-refractivity contribution in [2.24, 2.45) is 5.41 Å². The lowest BCUT2D eigenvalue weighted by Crippen LogP contribution is -2.24. The van der Waals surface area contributed by atoms with Crippen LogP contribution in [0.1, 0.15) is 46.0 Å². The van der Waals surface area contributed by atoms with Crippen LogP contribution in [0.15, 0.2) is 29.2 Å². The maximum Gasteiger partial charge on any atom is 0.240 e. The lowest BCUT2D eigenvalue weighted by Gasteiger charge is -2.16. The molecule has 5 heteroatoms. The molecule has 0 amide bonds. The summed E-state index contributed by atoms with van der Waals surface area (Å²) in [4.78, 5) is 0.330. The van der Waals surface area contributed by atoms with Crippen LogP contribution in [0.3, 0.4) is 0 Å². The van der Waals surface area contributed by atoms with Crippen LogP contribution in [-0.2, 0) is 10.0 Å². The molecule has 0 saturated heterocycles. The highest BCUT2D eigenvalue weighted by atomic mass is 32.2. The third-order valence-electron chi connectivity index (χ3n) is 4.11. The number of hydrogen-bond acceptors (Lipinski definition) is 3. The first-order valence-electron chi connectivity index (χ1n) is 7.85. The molecule has 1 saturated carbocycles. The van der Waals surface area contributed by atoms with Crippen LogP contribution in [0.4, 0.5) is 5.69 Å². The Bertz CT molecular complexity index is 548. The SMILES string of the molecule is CCCNS(=O)(=O)c1ccc(NCC2(CCC)CC2)cc1. The maximum absolute atomic E-state index is 12.0. The molecule has 0 aliphatic heterocycles. The Morgan fingerprint density at radius 1 is 1.10 bits per heavy atom. The summed E-state index contributed by atoms with van der Waals surface area (Å²) in [5.41, 5.74) is 1.48. The van der Waals surface area contributed by atoms with Gasteiger partial charge in [0.25, 0.3) is 0 Å². The van der Waals surface area contributed by atoms with E-state index >= 15 is 0 Å². The van der Waals surface area contributed by atoms with E-state index in [-0.39, 0.29) is 0 Å². The van der Waals surface area contributed by atoms with Crippen molar-refractivity contribution in [3.63, 3.8) is 0 Å². The standard InChI is InChI=1S/C16H26N2O2S/c1-3-9-16(10-11-16)13-17-14-5-7-15(8-6-14)21(19,20)18-12-4-2/h5-8,17-18H,3-4,9-13H2,1-2H3. The van der Waals surface area contributed by atoms with Crippen LogP contribution < -0.4 is 10.0 Å². The molecule has 21 heavy (non-hydrogen) atoms. The van der Waals surface area contributed by atoms with Gasteiger partial charge in [-0.2, -0.15) is 0 Å². The summed E-state index contributed by atoms with van der Waals surface area (Å²) in [5, 5.41) is 3.44. The molecule has 2 rings (SSSR count). The van der Waals surface area contributed by atoms with Crippen molar-refractivity contribution in [3.8, 4) is 0 Å². The van der Waals surface area contributed by atoms with Gasteiger partial charge in [-0.3, -0.25) is 0 Å². The van der Waals surface area contributed by atoms with Gasteiger partial charge in [-0.1, -0.05) is 20.3 Å². The molecule has 4 nitrogen and oxygen atoms in total. The van der Waals surface area contributed by atoms with Gasteiger partial charge in [0.2, 0.25) is 10.0 Å². The zero-order chi connectivity index (χ0) is 15.3. The topological polar surface area (TPSA) is 58.2 Å². The molecule has 1 aromatic carbocycles. The van der Waals surface area contributed by atoms with Gasteiger partial charge in [-0.05, 0) is 55.4 Å². The van der Waals surface area contributed by atoms with Crippen LogP contribution in [0.25, 0.3) is 0 Å². The summed E-state index contributed by atoms with van der Waals surface area (Å²) in [7, 11) is -3.36. The predicted octanol–water partition coefficient (Wildman–Crippen LogP) is 3.37. The van der Waals surface area contributed by atoms with Gasteiger partial charge in [0.1, 0.15) is 0 Å². The molecule has 0 heterocycles. The Balaban J connectivity index is 1.93. The molecule has 118 valence electrons. The van der Waals surface area contributed by atoms with Crippen LogP contribution >= 0.6 is 0 Å². The number of benzene rings is 1. The highest BCUT2D eigenvalue weighted by Crippen LogP contribution is 2.49. The lowest BCUT2D eigenvalue weighted by atomic mass is 10.0. The highest BCUT2D eigenvalue weighted by molar-refractivity contribution is 7.89. The van der Waals surface area contributed by atoms with E-state index in [1.165, 1.54) is 25.7 Å². The van der Waals surface area contributed by atoms with Crippen LogP contribution in [-0.4, -0.2) is 21.5 Å². The third kappa shape index (κ3) is 4.45. The molecule has 1 aromatic rings. The molecule has 0 atom stereocenters. The predicted molar refractivity (Wildman–Crippen MR) is 87.0 cm³/mol. The Hall–Kier alpha value is -1.07. The minimum absolute atomic E-state index is 0.330. The van der Waals surface area contributed by atoms with Crippen molar-refractivity contribution in [1.29, 1.82) is 0 Å². The van der Waals surface area contributed by atoms with Gasteiger partial charge in [0.15, 0.2) is 0 Å². The summed E-state index contributed by atoms with van der Waals surface area (Å²) in [6.45, 7) is 5.63. The average molecular weight is 310 g/mol. The molecule has 0 spiro atoms. The van der Waals surface area contributed by atoms with E-state index < -0.39 is 10.0 Å². The fraction of sp³-hybridized carbons (Fsp3) is 0.625.